The van der Waals surface area contributed by atoms with Gasteiger partial charge in [0.1, 0.15) is 5.82 Å². The number of anilines is 1. The van der Waals surface area contributed by atoms with Crippen molar-refractivity contribution in [2.75, 3.05) is 12.3 Å². The molecule has 0 aliphatic carbocycles. The monoisotopic (exact) mass is 286 g/mol. The minimum Gasteiger partial charge on any atom is -0.399 e. The highest BCUT2D eigenvalue weighted by Crippen LogP contribution is 2.13. The summed E-state index contributed by atoms with van der Waals surface area (Å²) in [6.45, 7) is 3.19. The van der Waals surface area contributed by atoms with Crippen molar-refractivity contribution in [2.24, 2.45) is 0 Å². The van der Waals surface area contributed by atoms with Gasteiger partial charge in [0.2, 0.25) is 0 Å². The third-order valence-corrected chi connectivity index (χ3v) is 3.23. The molecule has 0 saturated carbocycles. The van der Waals surface area contributed by atoms with Gasteiger partial charge in [0.25, 0.3) is 5.91 Å². The van der Waals surface area contributed by atoms with Crippen molar-refractivity contribution >= 4 is 11.6 Å². The quantitative estimate of drug-likeness (QED) is 0.856. The molecule has 0 radical (unpaired) electrons. The highest BCUT2D eigenvalue weighted by molar-refractivity contribution is 5.94. The minimum atomic E-state index is -0.341. The zero-order valence-electron chi connectivity index (χ0n) is 12.1. The Morgan fingerprint density at radius 1 is 1.10 bits per heavy atom. The molecular formula is C17H19FN2O. The maximum Gasteiger partial charge on any atom is 0.254 e. The Hall–Kier alpha value is -2.36. The number of rotatable bonds is 5. The third kappa shape index (κ3) is 4.05. The first-order chi connectivity index (χ1) is 10.1. The van der Waals surface area contributed by atoms with Gasteiger partial charge in [0.05, 0.1) is 0 Å². The van der Waals surface area contributed by atoms with E-state index in [-0.39, 0.29) is 11.7 Å². The summed E-state index contributed by atoms with van der Waals surface area (Å²) in [4.78, 5) is 14.3. The summed E-state index contributed by atoms with van der Waals surface area (Å²) in [5.74, 6) is -0.430. The van der Waals surface area contributed by atoms with E-state index in [1.807, 2.05) is 31.2 Å². The van der Waals surface area contributed by atoms with Gasteiger partial charge in [-0.25, -0.2) is 4.39 Å². The van der Waals surface area contributed by atoms with Crippen molar-refractivity contribution in [3.8, 4) is 0 Å². The van der Waals surface area contributed by atoms with E-state index in [1.165, 1.54) is 24.3 Å². The Kier molecular flexibility index (Phi) is 4.93. The van der Waals surface area contributed by atoms with Crippen LogP contribution in [0.3, 0.4) is 0 Å². The van der Waals surface area contributed by atoms with Crippen LogP contribution in [-0.4, -0.2) is 17.4 Å². The Balaban J connectivity index is 2.15. The van der Waals surface area contributed by atoms with Crippen LogP contribution in [0.25, 0.3) is 0 Å². The molecule has 1 amide bonds. The predicted molar refractivity (Wildman–Crippen MR) is 82.3 cm³/mol. The molecule has 0 atom stereocenters. The zero-order chi connectivity index (χ0) is 15.2. The van der Waals surface area contributed by atoms with Gasteiger partial charge >= 0.3 is 0 Å². The molecule has 0 saturated heterocycles. The lowest BCUT2D eigenvalue weighted by molar-refractivity contribution is 0.0743. The van der Waals surface area contributed by atoms with E-state index in [4.69, 9.17) is 5.73 Å². The zero-order valence-corrected chi connectivity index (χ0v) is 12.1. The van der Waals surface area contributed by atoms with Crippen LogP contribution in [0, 0.1) is 5.82 Å². The van der Waals surface area contributed by atoms with E-state index in [2.05, 4.69) is 0 Å². The van der Waals surface area contributed by atoms with Crippen LogP contribution in [0.2, 0.25) is 0 Å². The highest BCUT2D eigenvalue weighted by atomic mass is 19.1. The summed E-state index contributed by atoms with van der Waals surface area (Å²) in [5.41, 5.74) is 7.89. The van der Waals surface area contributed by atoms with Crippen molar-refractivity contribution in [3.05, 3.63) is 65.5 Å². The number of carbonyl (C=O) groups excluding carboxylic acids is 1. The molecule has 3 nitrogen and oxygen atoms in total. The van der Waals surface area contributed by atoms with Crippen molar-refractivity contribution in [1.82, 2.24) is 4.90 Å². The van der Waals surface area contributed by atoms with Crippen LogP contribution in [0.15, 0.2) is 48.5 Å². The lowest BCUT2D eigenvalue weighted by Gasteiger charge is -2.22. The second-order valence-electron chi connectivity index (χ2n) is 4.98. The molecule has 110 valence electrons. The smallest absolute Gasteiger partial charge is 0.254 e. The lowest BCUT2D eigenvalue weighted by atomic mass is 10.1. The van der Waals surface area contributed by atoms with Crippen molar-refractivity contribution < 1.29 is 9.18 Å². The SMILES string of the molecule is CCCN(Cc1ccc(N)cc1)C(=O)c1ccc(F)cc1. The Morgan fingerprint density at radius 3 is 2.29 bits per heavy atom. The van der Waals surface area contributed by atoms with Gasteiger partial charge in [-0.05, 0) is 48.4 Å². The summed E-state index contributed by atoms with van der Waals surface area (Å²) in [6.07, 6.45) is 0.863. The molecule has 2 rings (SSSR count). The normalized spacial score (nSPS) is 10.4. The van der Waals surface area contributed by atoms with E-state index in [0.717, 1.165) is 12.0 Å². The molecule has 0 bridgehead atoms. The number of hydrogen-bond acceptors (Lipinski definition) is 2. The predicted octanol–water partition coefficient (Wildman–Crippen LogP) is 3.46. The van der Waals surface area contributed by atoms with Crippen LogP contribution in [0.1, 0.15) is 29.3 Å². The molecule has 2 aromatic carbocycles. The summed E-state index contributed by atoms with van der Waals surface area (Å²) >= 11 is 0. The van der Waals surface area contributed by atoms with Crippen molar-refractivity contribution in [2.45, 2.75) is 19.9 Å². The van der Waals surface area contributed by atoms with Gasteiger partial charge in [0.15, 0.2) is 0 Å². The summed E-state index contributed by atoms with van der Waals surface area (Å²) in [6, 6.07) is 13.1. The maximum atomic E-state index is 12.9. The summed E-state index contributed by atoms with van der Waals surface area (Å²) < 4.78 is 12.9. The molecule has 2 N–H and O–H groups in total. The second kappa shape index (κ2) is 6.88. The van der Waals surface area contributed by atoms with Gasteiger partial charge in [-0.15, -0.1) is 0 Å². The Bertz CT molecular complexity index is 593. The molecule has 2 aromatic rings. The van der Waals surface area contributed by atoms with Crippen LogP contribution in [-0.2, 0) is 6.54 Å². The molecule has 0 fully saturated rings. The molecule has 0 spiro atoms. The van der Waals surface area contributed by atoms with Gasteiger partial charge in [-0.3, -0.25) is 4.79 Å². The molecule has 0 aliphatic rings. The van der Waals surface area contributed by atoms with Gasteiger partial charge in [-0.1, -0.05) is 19.1 Å². The number of amides is 1. The summed E-state index contributed by atoms with van der Waals surface area (Å²) in [5, 5.41) is 0. The largest absolute Gasteiger partial charge is 0.399 e. The average molecular weight is 286 g/mol. The molecule has 21 heavy (non-hydrogen) atoms. The van der Waals surface area contributed by atoms with E-state index in [9.17, 15) is 9.18 Å². The fourth-order valence-corrected chi connectivity index (χ4v) is 2.14. The van der Waals surface area contributed by atoms with E-state index in [1.54, 1.807) is 4.90 Å². The molecule has 0 unspecified atom stereocenters. The molecule has 0 aromatic heterocycles. The van der Waals surface area contributed by atoms with Crippen LogP contribution >= 0.6 is 0 Å². The molecular weight excluding hydrogens is 267 g/mol. The van der Waals surface area contributed by atoms with E-state index < -0.39 is 0 Å². The van der Waals surface area contributed by atoms with E-state index >= 15 is 0 Å². The molecule has 4 heteroatoms. The Morgan fingerprint density at radius 2 is 1.71 bits per heavy atom. The van der Waals surface area contributed by atoms with Crippen molar-refractivity contribution in [1.29, 1.82) is 0 Å². The van der Waals surface area contributed by atoms with Crippen LogP contribution in [0.5, 0.6) is 0 Å². The van der Waals surface area contributed by atoms with Crippen molar-refractivity contribution in [3.63, 3.8) is 0 Å². The first-order valence-corrected chi connectivity index (χ1v) is 6.99. The summed E-state index contributed by atoms with van der Waals surface area (Å²) in [7, 11) is 0. The minimum absolute atomic E-state index is 0.0892. The highest BCUT2D eigenvalue weighted by Gasteiger charge is 2.15. The van der Waals surface area contributed by atoms with E-state index in [0.29, 0.717) is 24.3 Å². The number of hydrogen-bond donors (Lipinski definition) is 1. The second-order valence-corrected chi connectivity index (χ2v) is 4.98. The molecule has 0 heterocycles. The third-order valence-electron chi connectivity index (χ3n) is 3.23. The first kappa shape index (κ1) is 15.0. The average Bonchev–Trinajstić information content (AvgIpc) is 2.49. The van der Waals surface area contributed by atoms with Crippen LogP contribution < -0.4 is 5.73 Å². The standard InChI is InChI=1S/C17H19FN2O/c1-2-11-20(12-13-3-9-16(19)10-4-13)17(21)14-5-7-15(18)8-6-14/h3-10H,2,11-12,19H2,1H3. The first-order valence-electron chi connectivity index (χ1n) is 6.99. The lowest BCUT2D eigenvalue weighted by Crippen LogP contribution is -2.31. The number of nitrogen functional groups attached to an aromatic ring is 1. The van der Waals surface area contributed by atoms with Gasteiger partial charge in [-0.2, -0.15) is 0 Å². The van der Waals surface area contributed by atoms with Gasteiger partial charge < -0.3 is 10.6 Å². The number of nitrogens with two attached hydrogens (primary N) is 1. The van der Waals surface area contributed by atoms with Crippen LogP contribution in [0.4, 0.5) is 10.1 Å². The Labute approximate surface area is 124 Å². The van der Waals surface area contributed by atoms with Gasteiger partial charge in [0, 0.05) is 24.3 Å². The molecule has 0 aliphatic heterocycles. The maximum absolute atomic E-state index is 12.9. The number of carbonyl (C=O) groups is 1. The topological polar surface area (TPSA) is 46.3 Å². The fourth-order valence-electron chi connectivity index (χ4n) is 2.14. The fraction of sp³-hybridized carbons (Fsp3) is 0.235. The number of halogens is 1. The number of nitrogens with zero attached hydrogens (tertiary/aromatic N) is 1. The number of benzene rings is 2.